The highest BCUT2D eigenvalue weighted by Crippen LogP contribution is 2.19. The lowest BCUT2D eigenvalue weighted by Crippen LogP contribution is -2.48. The van der Waals surface area contributed by atoms with Crippen LogP contribution in [0.25, 0.3) is 0 Å². The van der Waals surface area contributed by atoms with E-state index >= 15 is 0 Å². The van der Waals surface area contributed by atoms with Crippen LogP contribution in [0.3, 0.4) is 0 Å². The maximum Gasteiger partial charge on any atom is 0.223 e. The van der Waals surface area contributed by atoms with E-state index in [9.17, 15) is 9.18 Å². The third kappa shape index (κ3) is 4.07. The summed E-state index contributed by atoms with van der Waals surface area (Å²) in [5.41, 5.74) is 1.78. The highest BCUT2D eigenvalue weighted by molar-refractivity contribution is 7.13. The fraction of sp³-hybridized carbons (Fsp3) is 0.412. The molecular weight excluding hydrogens is 313 g/mol. The number of anilines is 1. The quantitative estimate of drug-likeness (QED) is 0.863. The number of aromatic nitrogens is 1. The van der Waals surface area contributed by atoms with Gasteiger partial charge < -0.3 is 9.80 Å². The number of benzene rings is 1. The van der Waals surface area contributed by atoms with Crippen molar-refractivity contribution in [3.63, 3.8) is 0 Å². The van der Waals surface area contributed by atoms with Crippen molar-refractivity contribution in [2.75, 3.05) is 31.1 Å². The van der Waals surface area contributed by atoms with E-state index in [4.69, 9.17) is 0 Å². The van der Waals surface area contributed by atoms with Crippen molar-refractivity contribution in [2.24, 2.45) is 0 Å². The van der Waals surface area contributed by atoms with Crippen molar-refractivity contribution in [3.8, 4) is 0 Å². The minimum absolute atomic E-state index is 0.144. The van der Waals surface area contributed by atoms with Gasteiger partial charge in [0.25, 0.3) is 0 Å². The Hall–Kier alpha value is -1.95. The second-order valence-corrected chi connectivity index (χ2v) is 6.69. The molecule has 0 bridgehead atoms. The summed E-state index contributed by atoms with van der Waals surface area (Å²) in [5.74, 6) is -0.0878. The Labute approximate surface area is 139 Å². The summed E-state index contributed by atoms with van der Waals surface area (Å²) in [6.45, 7) is 4.95. The van der Waals surface area contributed by atoms with Crippen LogP contribution in [-0.4, -0.2) is 42.0 Å². The van der Waals surface area contributed by atoms with Crippen LogP contribution >= 0.6 is 11.3 Å². The molecule has 1 aromatic carbocycles. The van der Waals surface area contributed by atoms with Gasteiger partial charge in [0.2, 0.25) is 5.91 Å². The topological polar surface area (TPSA) is 36.4 Å². The molecular formula is C17H20FN3OS. The first-order valence-corrected chi connectivity index (χ1v) is 8.68. The Morgan fingerprint density at radius 2 is 2.04 bits per heavy atom. The van der Waals surface area contributed by atoms with Gasteiger partial charge in [-0.05, 0) is 36.6 Å². The molecule has 1 amide bonds. The standard InChI is InChI=1S/C17H20FN3OS/c1-13-10-14(12-15(18)11-13)2-3-16(22)20-5-7-21(8-6-20)17-19-4-9-23-17/h4,9-12H,2-3,5-8H2,1H3. The van der Waals surface area contributed by atoms with Crippen LogP contribution in [-0.2, 0) is 11.2 Å². The lowest BCUT2D eigenvalue weighted by molar-refractivity contribution is -0.131. The summed E-state index contributed by atoms with van der Waals surface area (Å²) < 4.78 is 13.4. The van der Waals surface area contributed by atoms with Gasteiger partial charge >= 0.3 is 0 Å². The number of hydrogen-bond donors (Lipinski definition) is 0. The Morgan fingerprint density at radius 1 is 1.26 bits per heavy atom. The van der Waals surface area contributed by atoms with Crippen LogP contribution in [0.4, 0.5) is 9.52 Å². The molecule has 1 saturated heterocycles. The zero-order valence-electron chi connectivity index (χ0n) is 13.2. The van der Waals surface area contributed by atoms with Gasteiger partial charge in [0.05, 0.1) is 0 Å². The number of aryl methyl sites for hydroxylation is 2. The largest absolute Gasteiger partial charge is 0.345 e. The molecule has 0 spiro atoms. The molecule has 1 aromatic heterocycles. The molecule has 0 aliphatic carbocycles. The van der Waals surface area contributed by atoms with Gasteiger partial charge in [-0.3, -0.25) is 4.79 Å². The SMILES string of the molecule is Cc1cc(F)cc(CCC(=O)N2CCN(c3nccs3)CC2)c1. The van der Waals surface area contributed by atoms with Crippen molar-refractivity contribution in [3.05, 3.63) is 46.7 Å². The molecule has 2 aromatic rings. The molecule has 3 rings (SSSR count). The molecule has 4 nitrogen and oxygen atoms in total. The number of carbonyl (C=O) groups is 1. The minimum atomic E-state index is -0.232. The predicted octanol–water partition coefficient (Wildman–Crippen LogP) is 2.87. The monoisotopic (exact) mass is 333 g/mol. The fourth-order valence-corrected chi connectivity index (χ4v) is 3.58. The average Bonchev–Trinajstić information content (AvgIpc) is 3.06. The van der Waals surface area contributed by atoms with E-state index in [2.05, 4.69) is 9.88 Å². The van der Waals surface area contributed by atoms with E-state index in [0.717, 1.165) is 42.4 Å². The maximum absolute atomic E-state index is 13.4. The van der Waals surface area contributed by atoms with E-state index in [1.807, 2.05) is 23.3 Å². The molecule has 0 atom stereocenters. The first-order valence-electron chi connectivity index (χ1n) is 7.80. The third-order valence-electron chi connectivity index (χ3n) is 4.05. The Kier molecular flexibility index (Phi) is 4.91. The van der Waals surface area contributed by atoms with Crippen LogP contribution in [0.15, 0.2) is 29.8 Å². The average molecular weight is 333 g/mol. The molecule has 0 radical (unpaired) electrons. The molecule has 122 valence electrons. The van der Waals surface area contributed by atoms with Gasteiger partial charge in [-0.1, -0.05) is 6.07 Å². The van der Waals surface area contributed by atoms with Crippen molar-refractivity contribution in [1.29, 1.82) is 0 Å². The van der Waals surface area contributed by atoms with Crippen LogP contribution in [0.5, 0.6) is 0 Å². The van der Waals surface area contributed by atoms with Gasteiger partial charge in [0.1, 0.15) is 5.82 Å². The third-order valence-corrected chi connectivity index (χ3v) is 4.88. The Bertz CT molecular complexity index is 646. The normalized spacial score (nSPS) is 15.0. The van der Waals surface area contributed by atoms with Gasteiger partial charge in [-0.25, -0.2) is 9.37 Å². The number of halogens is 1. The van der Waals surface area contributed by atoms with E-state index in [0.29, 0.717) is 12.8 Å². The Balaban J connectivity index is 1.49. The Morgan fingerprint density at radius 3 is 2.70 bits per heavy atom. The lowest BCUT2D eigenvalue weighted by atomic mass is 10.1. The summed E-state index contributed by atoms with van der Waals surface area (Å²) in [7, 11) is 0. The van der Waals surface area contributed by atoms with Crippen LogP contribution < -0.4 is 4.90 Å². The second kappa shape index (κ2) is 7.08. The maximum atomic E-state index is 13.4. The van der Waals surface area contributed by atoms with Crippen molar-refractivity contribution >= 4 is 22.4 Å². The van der Waals surface area contributed by atoms with Crippen molar-refractivity contribution < 1.29 is 9.18 Å². The van der Waals surface area contributed by atoms with E-state index < -0.39 is 0 Å². The van der Waals surface area contributed by atoms with Crippen molar-refractivity contribution in [2.45, 2.75) is 19.8 Å². The van der Waals surface area contributed by atoms with Gasteiger partial charge in [-0.15, -0.1) is 11.3 Å². The molecule has 1 fully saturated rings. The van der Waals surface area contributed by atoms with Gasteiger partial charge in [-0.2, -0.15) is 0 Å². The van der Waals surface area contributed by atoms with Crippen LogP contribution in [0, 0.1) is 12.7 Å². The van der Waals surface area contributed by atoms with E-state index in [-0.39, 0.29) is 11.7 Å². The number of nitrogens with zero attached hydrogens (tertiary/aromatic N) is 3. The summed E-state index contributed by atoms with van der Waals surface area (Å²) in [6, 6.07) is 4.96. The first-order chi connectivity index (χ1) is 11.1. The number of rotatable bonds is 4. The number of carbonyl (C=O) groups excluding carboxylic acids is 1. The first kappa shape index (κ1) is 15.9. The van der Waals surface area contributed by atoms with E-state index in [1.54, 1.807) is 17.5 Å². The number of hydrogen-bond acceptors (Lipinski definition) is 4. The molecule has 1 aliphatic heterocycles. The zero-order chi connectivity index (χ0) is 16.2. The molecule has 0 saturated carbocycles. The van der Waals surface area contributed by atoms with Gasteiger partial charge in [0.15, 0.2) is 5.13 Å². The van der Waals surface area contributed by atoms with Gasteiger partial charge in [0, 0.05) is 44.2 Å². The fourth-order valence-electron chi connectivity index (χ4n) is 2.88. The summed E-state index contributed by atoms with van der Waals surface area (Å²) in [6.07, 6.45) is 2.82. The number of amides is 1. The lowest BCUT2D eigenvalue weighted by Gasteiger charge is -2.34. The minimum Gasteiger partial charge on any atom is -0.345 e. The molecule has 0 unspecified atom stereocenters. The van der Waals surface area contributed by atoms with Crippen molar-refractivity contribution in [1.82, 2.24) is 9.88 Å². The zero-order valence-corrected chi connectivity index (χ0v) is 14.0. The summed E-state index contributed by atoms with van der Waals surface area (Å²) in [5, 5.41) is 2.99. The summed E-state index contributed by atoms with van der Waals surface area (Å²) >= 11 is 1.63. The van der Waals surface area contributed by atoms with Crippen LogP contribution in [0.1, 0.15) is 17.5 Å². The predicted molar refractivity (Wildman–Crippen MR) is 90.4 cm³/mol. The molecule has 6 heteroatoms. The number of thiazole rings is 1. The van der Waals surface area contributed by atoms with Crippen LogP contribution in [0.2, 0.25) is 0 Å². The molecule has 0 N–H and O–H groups in total. The highest BCUT2D eigenvalue weighted by Gasteiger charge is 2.22. The molecule has 1 aliphatic rings. The summed E-state index contributed by atoms with van der Waals surface area (Å²) in [4.78, 5) is 20.8. The second-order valence-electron chi connectivity index (χ2n) is 5.82. The van der Waals surface area contributed by atoms with E-state index in [1.165, 1.54) is 12.1 Å². The smallest absolute Gasteiger partial charge is 0.223 e. The highest BCUT2D eigenvalue weighted by atomic mass is 32.1. The number of piperazine rings is 1. The molecule has 23 heavy (non-hydrogen) atoms. The molecule has 2 heterocycles.